The van der Waals surface area contributed by atoms with E-state index in [0.717, 1.165) is 29.5 Å². The van der Waals surface area contributed by atoms with E-state index < -0.39 is 0 Å². The van der Waals surface area contributed by atoms with Crippen LogP contribution < -0.4 is 5.56 Å². The fraction of sp³-hybridized carbons (Fsp3) is 0.409. The van der Waals surface area contributed by atoms with Gasteiger partial charge in [-0.2, -0.15) is 5.10 Å². The zero-order chi connectivity index (χ0) is 19.1. The van der Waals surface area contributed by atoms with Crippen molar-refractivity contribution >= 4 is 16.9 Å². The van der Waals surface area contributed by atoms with Crippen molar-refractivity contribution in [3.8, 4) is 0 Å². The highest BCUT2D eigenvalue weighted by molar-refractivity contribution is 5.96. The number of piperidine rings is 1. The molecule has 1 saturated heterocycles. The molecule has 3 heterocycles. The van der Waals surface area contributed by atoms with Crippen molar-refractivity contribution in [2.75, 3.05) is 13.1 Å². The second-order valence-electron chi connectivity index (χ2n) is 7.94. The van der Waals surface area contributed by atoms with Crippen molar-refractivity contribution in [1.29, 1.82) is 0 Å². The van der Waals surface area contributed by atoms with Crippen LogP contribution in [0.5, 0.6) is 0 Å². The molecule has 0 unspecified atom stereocenters. The van der Waals surface area contributed by atoms with Gasteiger partial charge in [-0.1, -0.05) is 18.2 Å². The third-order valence-corrected chi connectivity index (χ3v) is 5.85. The Bertz CT molecular complexity index is 1040. The van der Waals surface area contributed by atoms with Gasteiger partial charge in [0.1, 0.15) is 5.58 Å². The molecule has 1 aliphatic carbocycles. The first-order valence-electron chi connectivity index (χ1n) is 10.0. The largest absolute Gasteiger partial charge is 0.451 e. The van der Waals surface area contributed by atoms with Gasteiger partial charge in [-0.05, 0) is 49.8 Å². The van der Waals surface area contributed by atoms with Crippen LogP contribution in [0.25, 0.3) is 11.0 Å². The van der Waals surface area contributed by atoms with Gasteiger partial charge in [0.25, 0.3) is 11.5 Å². The third kappa shape index (κ3) is 3.35. The molecule has 2 aromatic heterocycles. The summed E-state index contributed by atoms with van der Waals surface area (Å²) in [6.45, 7) is 1.99. The fourth-order valence-corrected chi connectivity index (χ4v) is 4.00. The predicted octanol–water partition coefficient (Wildman–Crippen LogP) is 3.42. The van der Waals surface area contributed by atoms with Crippen molar-refractivity contribution < 1.29 is 9.21 Å². The quantitative estimate of drug-likeness (QED) is 0.699. The minimum absolute atomic E-state index is 0.0369. The molecule has 6 heteroatoms. The number of nitrogens with zero attached hydrogens (tertiary/aromatic N) is 3. The fourth-order valence-electron chi connectivity index (χ4n) is 4.00. The molecule has 1 aromatic carbocycles. The van der Waals surface area contributed by atoms with E-state index in [-0.39, 0.29) is 11.5 Å². The maximum Gasteiger partial charge on any atom is 0.289 e. The van der Waals surface area contributed by atoms with Crippen LogP contribution in [0.1, 0.15) is 47.8 Å². The van der Waals surface area contributed by atoms with Crippen LogP contribution in [0, 0.1) is 5.92 Å². The number of hydrogen-bond donors (Lipinski definition) is 0. The van der Waals surface area contributed by atoms with Crippen molar-refractivity contribution in [1.82, 2.24) is 14.7 Å². The lowest BCUT2D eigenvalue weighted by molar-refractivity contribution is 0.0651. The van der Waals surface area contributed by atoms with E-state index in [2.05, 4.69) is 5.10 Å². The van der Waals surface area contributed by atoms with Crippen LogP contribution in [0.3, 0.4) is 0 Å². The molecule has 1 saturated carbocycles. The van der Waals surface area contributed by atoms with Gasteiger partial charge in [0, 0.05) is 37.0 Å². The molecule has 0 bridgehead atoms. The average Bonchev–Trinajstić information content (AvgIpc) is 3.48. The molecule has 5 rings (SSSR count). The molecule has 0 atom stereocenters. The van der Waals surface area contributed by atoms with Crippen molar-refractivity contribution in [3.05, 3.63) is 64.3 Å². The molecule has 0 N–H and O–H groups in total. The summed E-state index contributed by atoms with van der Waals surface area (Å²) in [7, 11) is 0. The highest BCUT2D eigenvalue weighted by atomic mass is 16.3. The van der Waals surface area contributed by atoms with Gasteiger partial charge >= 0.3 is 0 Å². The summed E-state index contributed by atoms with van der Waals surface area (Å²) in [6, 6.07) is 13.0. The molecule has 2 aliphatic rings. The Morgan fingerprint density at radius 1 is 1.07 bits per heavy atom. The van der Waals surface area contributed by atoms with E-state index in [4.69, 9.17) is 4.42 Å². The molecule has 2 fully saturated rings. The van der Waals surface area contributed by atoms with Gasteiger partial charge < -0.3 is 9.32 Å². The zero-order valence-electron chi connectivity index (χ0n) is 15.7. The van der Waals surface area contributed by atoms with Gasteiger partial charge in [-0.25, -0.2) is 4.68 Å². The number of likely N-dealkylation sites (tertiary alicyclic amines) is 1. The van der Waals surface area contributed by atoms with Gasteiger partial charge in [0.2, 0.25) is 0 Å². The second-order valence-corrected chi connectivity index (χ2v) is 7.94. The summed E-state index contributed by atoms with van der Waals surface area (Å²) in [4.78, 5) is 26.8. The predicted molar refractivity (Wildman–Crippen MR) is 105 cm³/mol. The van der Waals surface area contributed by atoms with E-state index in [0.29, 0.717) is 37.2 Å². The number of furan rings is 1. The normalized spacial score (nSPS) is 17.9. The Morgan fingerprint density at radius 2 is 1.86 bits per heavy atom. The van der Waals surface area contributed by atoms with Crippen LogP contribution >= 0.6 is 0 Å². The van der Waals surface area contributed by atoms with E-state index in [9.17, 15) is 9.59 Å². The van der Waals surface area contributed by atoms with Gasteiger partial charge in [-0.3, -0.25) is 9.59 Å². The number of para-hydroxylation sites is 1. The zero-order valence-corrected chi connectivity index (χ0v) is 15.7. The molecule has 3 aromatic rings. The molecule has 1 aliphatic heterocycles. The van der Waals surface area contributed by atoms with Crippen molar-refractivity contribution in [2.45, 2.75) is 38.1 Å². The minimum atomic E-state index is -0.0549. The highest BCUT2D eigenvalue weighted by Gasteiger charge is 2.28. The Morgan fingerprint density at radius 3 is 2.61 bits per heavy atom. The highest BCUT2D eigenvalue weighted by Crippen LogP contribution is 2.38. The standard InChI is InChI=1S/C22H23N3O3/c26-21-8-7-18(16-5-6-16)23-25(21)14-15-9-11-24(12-10-15)22(27)20-13-17-3-1-2-4-19(17)28-20/h1-4,7-8,13,15-16H,5-6,9-12,14H2. The van der Waals surface area contributed by atoms with E-state index in [1.807, 2.05) is 41.3 Å². The van der Waals surface area contributed by atoms with Gasteiger partial charge in [-0.15, -0.1) is 0 Å². The summed E-state index contributed by atoms with van der Waals surface area (Å²) in [5.74, 6) is 1.24. The third-order valence-electron chi connectivity index (χ3n) is 5.85. The number of benzene rings is 1. The molecular formula is C22H23N3O3. The summed E-state index contributed by atoms with van der Waals surface area (Å²) >= 11 is 0. The maximum absolute atomic E-state index is 12.8. The van der Waals surface area contributed by atoms with E-state index in [1.54, 1.807) is 10.7 Å². The van der Waals surface area contributed by atoms with Crippen molar-refractivity contribution in [3.63, 3.8) is 0 Å². The number of fused-ring (bicyclic) bond motifs is 1. The number of hydrogen-bond acceptors (Lipinski definition) is 4. The maximum atomic E-state index is 12.8. The van der Waals surface area contributed by atoms with Gasteiger partial charge in [0.05, 0.1) is 5.69 Å². The number of carbonyl (C=O) groups excluding carboxylic acids is 1. The first-order chi connectivity index (χ1) is 13.7. The SMILES string of the molecule is O=C(c1cc2ccccc2o1)N1CCC(Cn2nc(C3CC3)ccc2=O)CC1. The molecule has 28 heavy (non-hydrogen) atoms. The lowest BCUT2D eigenvalue weighted by Gasteiger charge is -2.31. The number of aromatic nitrogens is 2. The van der Waals surface area contributed by atoms with Crippen LogP contribution in [0.4, 0.5) is 0 Å². The van der Waals surface area contributed by atoms with Crippen LogP contribution in [-0.2, 0) is 6.54 Å². The Labute approximate surface area is 162 Å². The topological polar surface area (TPSA) is 68.3 Å². The number of rotatable bonds is 4. The molecule has 0 radical (unpaired) electrons. The van der Waals surface area contributed by atoms with E-state index in [1.165, 1.54) is 12.8 Å². The van der Waals surface area contributed by atoms with E-state index >= 15 is 0 Å². The molecular weight excluding hydrogens is 354 g/mol. The molecule has 0 spiro atoms. The summed E-state index contributed by atoms with van der Waals surface area (Å²) in [5, 5.41) is 5.51. The monoisotopic (exact) mass is 377 g/mol. The lowest BCUT2D eigenvalue weighted by atomic mass is 9.96. The Balaban J connectivity index is 1.23. The number of amides is 1. The van der Waals surface area contributed by atoms with Crippen LogP contribution in [0.2, 0.25) is 0 Å². The summed E-state index contributed by atoms with van der Waals surface area (Å²) in [5.41, 5.74) is 1.74. The summed E-state index contributed by atoms with van der Waals surface area (Å²) in [6.07, 6.45) is 4.09. The smallest absolute Gasteiger partial charge is 0.289 e. The van der Waals surface area contributed by atoms with Gasteiger partial charge in [0.15, 0.2) is 5.76 Å². The minimum Gasteiger partial charge on any atom is -0.451 e. The molecule has 1 amide bonds. The Kier molecular flexibility index (Phi) is 4.26. The summed E-state index contributed by atoms with van der Waals surface area (Å²) < 4.78 is 7.34. The molecule has 6 nitrogen and oxygen atoms in total. The Hall–Kier alpha value is -2.89. The van der Waals surface area contributed by atoms with Crippen LogP contribution in [-0.4, -0.2) is 33.7 Å². The van der Waals surface area contributed by atoms with Crippen LogP contribution in [0.15, 0.2) is 51.7 Å². The first kappa shape index (κ1) is 17.2. The number of carbonyl (C=O) groups is 1. The molecule has 144 valence electrons. The lowest BCUT2D eigenvalue weighted by Crippen LogP contribution is -2.40. The average molecular weight is 377 g/mol. The first-order valence-corrected chi connectivity index (χ1v) is 10.0. The second kappa shape index (κ2) is 6.93. The van der Waals surface area contributed by atoms with Crippen molar-refractivity contribution in [2.24, 2.45) is 5.92 Å².